The third-order valence-corrected chi connectivity index (χ3v) is 4.23. The van der Waals surface area contributed by atoms with Gasteiger partial charge in [0.2, 0.25) is 0 Å². The zero-order valence-corrected chi connectivity index (χ0v) is 13.8. The minimum atomic E-state index is -0.518. The van der Waals surface area contributed by atoms with Gasteiger partial charge in [-0.05, 0) is 56.4 Å². The number of piperidine rings is 1. The van der Waals surface area contributed by atoms with Gasteiger partial charge in [0.15, 0.2) is 0 Å². The van der Waals surface area contributed by atoms with Crippen LogP contribution < -0.4 is 4.90 Å². The van der Waals surface area contributed by atoms with Crippen LogP contribution in [0.15, 0.2) is 24.3 Å². The van der Waals surface area contributed by atoms with Crippen LogP contribution in [0.1, 0.15) is 50.4 Å². The third-order valence-electron chi connectivity index (χ3n) is 4.23. The molecule has 22 heavy (non-hydrogen) atoms. The Balaban J connectivity index is 1.95. The summed E-state index contributed by atoms with van der Waals surface area (Å²) < 4.78 is 4.99. The summed E-state index contributed by atoms with van der Waals surface area (Å²) in [6.45, 7) is 8.19. The third kappa shape index (κ3) is 4.23. The first kappa shape index (κ1) is 16.8. The van der Waals surface area contributed by atoms with Crippen molar-refractivity contribution in [3.8, 4) is 0 Å². The lowest BCUT2D eigenvalue weighted by molar-refractivity contribution is -0.00267. The fraction of sp³-hybridized carbons (Fsp3) is 0.611. The smallest absolute Gasteiger partial charge is 0.338 e. The summed E-state index contributed by atoms with van der Waals surface area (Å²) in [5.74, 6) is 0.236. The molecule has 1 fully saturated rings. The molecule has 0 aromatic heterocycles. The summed E-state index contributed by atoms with van der Waals surface area (Å²) in [4.78, 5) is 13.9. The molecule has 0 radical (unpaired) electrons. The van der Waals surface area contributed by atoms with Crippen LogP contribution in [0.4, 0.5) is 5.69 Å². The maximum absolute atomic E-state index is 11.7. The first-order chi connectivity index (χ1) is 10.4. The number of carbonyl (C=O) groups is 1. The molecule has 0 bridgehead atoms. The van der Waals surface area contributed by atoms with Crippen molar-refractivity contribution in [2.75, 3.05) is 24.6 Å². The highest BCUT2D eigenvalue weighted by Gasteiger charge is 2.32. The molecule has 1 aliphatic heterocycles. The van der Waals surface area contributed by atoms with E-state index in [0.717, 1.165) is 38.0 Å². The van der Waals surface area contributed by atoms with Crippen LogP contribution in [0.3, 0.4) is 0 Å². The maximum Gasteiger partial charge on any atom is 0.338 e. The number of benzene rings is 1. The lowest BCUT2D eigenvalue weighted by Gasteiger charge is -2.40. The lowest BCUT2D eigenvalue weighted by Crippen LogP contribution is -2.45. The fourth-order valence-electron chi connectivity index (χ4n) is 3.17. The van der Waals surface area contributed by atoms with Crippen LogP contribution in [0.25, 0.3) is 0 Å². The van der Waals surface area contributed by atoms with E-state index >= 15 is 0 Å². The lowest BCUT2D eigenvalue weighted by atomic mass is 9.84. The van der Waals surface area contributed by atoms with E-state index in [1.807, 2.05) is 24.3 Å². The van der Waals surface area contributed by atoms with Gasteiger partial charge in [0.25, 0.3) is 0 Å². The topological polar surface area (TPSA) is 49.8 Å². The van der Waals surface area contributed by atoms with Crippen molar-refractivity contribution in [3.05, 3.63) is 29.8 Å². The Hall–Kier alpha value is -1.55. The van der Waals surface area contributed by atoms with Crippen molar-refractivity contribution < 1.29 is 14.6 Å². The second kappa shape index (κ2) is 7.14. The Labute approximate surface area is 133 Å². The van der Waals surface area contributed by atoms with Crippen molar-refractivity contribution in [3.63, 3.8) is 0 Å². The molecule has 0 atom stereocenters. The highest BCUT2D eigenvalue weighted by atomic mass is 16.5. The number of hydrogen-bond donors (Lipinski definition) is 1. The maximum atomic E-state index is 11.7. The average molecular weight is 305 g/mol. The molecule has 122 valence electrons. The molecule has 0 aliphatic carbocycles. The zero-order valence-electron chi connectivity index (χ0n) is 13.8. The normalized spacial score (nSPS) is 17.6. The second-order valence-electron chi connectivity index (χ2n) is 6.58. The first-order valence-corrected chi connectivity index (χ1v) is 8.18. The first-order valence-electron chi connectivity index (χ1n) is 8.18. The summed E-state index contributed by atoms with van der Waals surface area (Å²) in [7, 11) is 0. The Morgan fingerprint density at radius 1 is 1.27 bits per heavy atom. The van der Waals surface area contributed by atoms with Crippen molar-refractivity contribution in [2.45, 2.75) is 45.6 Å². The summed E-state index contributed by atoms with van der Waals surface area (Å²) in [5, 5.41) is 10.6. The number of carbonyl (C=O) groups excluding carboxylic acids is 1. The predicted molar refractivity (Wildman–Crippen MR) is 88.3 cm³/mol. The van der Waals surface area contributed by atoms with Crippen LogP contribution >= 0.6 is 0 Å². The monoisotopic (exact) mass is 305 g/mol. The van der Waals surface area contributed by atoms with E-state index in [4.69, 9.17) is 4.74 Å². The fourth-order valence-corrected chi connectivity index (χ4v) is 3.17. The van der Waals surface area contributed by atoms with Gasteiger partial charge in [-0.2, -0.15) is 0 Å². The molecule has 0 saturated carbocycles. The van der Waals surface area contributed by atoms with E-state index in [1.54, 1.807) is 6.92 Å². The molecule has 1 N–H and O–H groups in total. The summed E-state index contributed by atoms with van der Waals surface area (Å²) >= 11 is 0. The van der Waals surface area contributed by atoms with E-state index in [0.29, 0.717) is 18.1 Å². The van der Waals surface area contributed by atoms with Crippen molar-refractivity contribution in [1.82, 2.24) is 0 Å². The van der Waals surface area contributed by atoms with Crippen LogP contribution in [0.2, 0.25) is 0 Å². The molecule has 4 heteroatoms. The molecular weight excluding hydrogens is 278 g/mol. The van der Waals surface area contributed by atoms with Crippen LogP contribution in [0, 0.1) is 5.92 Å². The summed E-state index contributed by atoms with van der Waals surface area (Å²) in [6, 6.07) is 7.53. The van der Waals surface area contributed by atoms with Gasteiger partial charge in [-0.15, -0.1) is 0 Å². The Kier molecular flexibility index (Phi) is 5.46. The largest absolute Gasteiger partial charge is 0.462 e. The van der Waals surface area contributed by atoms with Crippen molar-refractivity contribution >= 4 is 11.7 Å². The summed E-state index contributed by atoms with van der Waals surface area (Å²) in [6.07, 6.45) is 2.46. The number of anilines is 1. The van der Waals surface area contributed by atoms with Gasteiger partial charge in [-0.1, -0.05) is 13.8 Å². The molecule has 4 nitrogen and oxygen atoms in total. The van der Waals surface area contributed by atoms with Gasteiger partial charge in [-0.25, -0.2) is 4.79 Å². The highest BCUT2D eigenvalue weighted by molar-refractivity contribution is 5.89. The number of nitrogens with zero attached hydrogens (tertiary/aromatic N) is 1. The van der Waals surface area contributed by atoms with Gasteiger partial charge in [0.05, 0.1) is 17.8 Å². The number of esters is 1. The minimum absolute atomic E-state index is 0.279. The Bertz CT molecular complexity index is 488. The molecule has 1 aromatic rings. The molecule has 0 spiro atoms. The SMILES string of the molecule is CCOC(=O)c1ccc(N2CCC(O)(CC(C)C)CC2)cc1. The van der Waals surface area contributed by atoms with Gasteiger partial charge >= 0.3 is 5.97 Å². The van der Waals surface area contributed by atoms with Crippen LogP contribution in [0.5, 0.6) is 0 Å². The molecule has 0 unspecified atom stereocenters. The quantitative estimate of drug-likeness (QED) is 0.849. The van der Waals surface area contributed by atoms with E-state index in [-0.39, 0.29) is 5.97 Å². The van der Waals surface area contributed by atoms with E-state index in [2.05, 4.69) is 18.7 Å². The van der Waals surface area contributed by atoms with Crippen molar-refractivity contribution in [2.24, 2.45) is 5.92 Å². The number of hydrogen-bond acceptors (Lipinski definition) is 4. The van der Waals surface area contributed by atoms with Gasteiger partial charge in [-0.3, -0.25) is 0 Å². The number of ether oxygens (including phenoxy) is 1. The van der Waals surface area contributed by atoms with Crippen LogP contribution in [-0.2, 0) is 4.74 Å². The van der Waals surface area contributed by atoms with E-state index < -0.39 is 5.60 Å². The molecule has 1 aliphatic rings. The predicted octanol–water partition coefficient (Wildman–Crippen LogP) is 3.24. The average Bonchev–Trinajstić information content (AvgIpc) is 2.47. The second-order valence-corrected chi connectivity index (χ2v) is 6.58. The van der Waals surface area contributed by atoms with Gasteiger partial charge in [0.1, 0.15) is 0 Å². The van der Waals surface area contributed by atoms with E-state index in [1.165, 1.54) is 0 Å². The number of rotatable bonds is 5. The molecule has 1 aromatic carbocycles. The molecule has 1 heterocycles. The Morgan fingerprint density at radius 2 is 1.86 bits per heavy atom. The minimum Gasteiger partial charge on any atom is -0.462 e. The Morgan fingerprint density at radius 3 is 2.36 bits per heavy atom. The highest BCUT2D eigenvalue weighted by Crippen LogP contribution is 2.31. The number of aliphatic hydroxyl groups is 1. The van der Waals surface area contributed by atoms with Gasteiger partial charge in [0, 0.05) is 18.8 Å². The van der Waals surface area contributed by atoms with Gasteiger partial charge < -0.3 is 14.7 Å². The standard InChI is InChI=1S/C18H27NO3/c1-4-22-17(20)15-5-7-16(8-6-15)19-11-9-18(21,10-12-19)13-14(2)3/h5-8,14,21H,4,9-13H2,1-3H3. The molecule has 1 saturated heterocycles. The molecule has 2 rings (SSSR count). The molecular formula is C18H27NO3. The summed E-state index contributed by atoms with van der Waals surface area (Å²) in [5.41, 5.74) is 1.16. The van der Waals surface area contributed by atoms with Crippen LogP contribution in [-0.4, -0.2) is 36.4 Å². The van der Waals surface area contributed by atoms with Crippen molar-refractivity contribution in [1.29, 1.82) is 0 Å². The van der Waals surface area contributed by atoms with E-state index in [9.17, 15) is 9.90 Å². The zero-order chi connectivity index (χ0) is 16.2. The molecule has 0 amide bonds.